The van der Waals surface area contributed by atoms with E-state index in [1.165, 1.54) is 16.7 Å². The van der Waals surface area contributed by atoms with Gasteiger partial charge < -0.3 is 10.6 Å². The van der Waals surface area contributed by atoms with Crippen LogP contribution in [0.3, 0.4) is 0 Å². The number of hydrogen-bond acceptors (Lipinski definition) is 4. The molecule has 0 atom stereocenters. The van der Waals surface area contributed by atoms with E-state index in [0.717, 1.165) is 25.0 Å². The van der Waals surface area contributed by atoms with Crippen molar-refractivity contribution in [2.45, 2.75) is 44.4 Å². The number of carbonyl (C=O) groups is 2. The molecule has 0 saturated heterocycles. The van der Waals surface area contributed by atoms with E-state index < -0.39 is 29.8 Å². The van der Waals surface area contributed by atoms with E-state index >= 15 is 0 Å². The fourth-order valence-corrected chi connectivity index (χ4v) is 3.44. The van der Waals surface area contributed by atoms with Crippen molar-refractivity contribution in [1.82, 2.24) is 14.9 Å². The van der Waals surface area contributed by atoms with Crippen molar-refractivity contribution < 1.29 is 22.8 Å². The van der Waals surface area contributed by atoms with E-state index in [9.17, 15) is 27.6 Å². The number of hydrogen-bond donors (Lipinski definition) is 2. The number of amides is 2. The quantitative estimate of drug-likeness (QED) is 0.569. The highest BCUT2D eigenvalue weighted by Crippen LogP contribution is 2.30. The van der Waals surface area contributed by atoms with Crippen molar-refractivity contribution >= 4 is 28.5 Å². The molecule has 1 fully saturated rings. The van der Waals surface area contributed by atoms with Crippen LogP contribution in [0.1, 0.15) is 30.5 Å². The number of aromatic nitrogens is 2. The first-order chi connectivity index (χ1) is 15.7. The number of rotatable bonds is 7. The van der Waals surface area contributed by atoms with Gasteiger partial charge in [-0.3, -0.25) is 19.0 Å². The number of benzene rings is 2. The highest BCUT2D eigenvalue weighted by atomic mass is 19.4. The summed E-state index contributed by atoms with van der Waals surface area (Å²) in [5.41, 5.74) is -0.412. The van der Waals surface area contributed by atoms with Gasteiger partial charge in [-0.05, 0) is 43.2 Å². The third kappa shape index (κ3) is 5.57. The van der Waals surface area contributed by atoms with Crippen molar-refractivity contribution in [3.8, 4) is 0 Å². The summed E-state index contributed by atoms with van der Waals surface area (Å²) in [5, 5.41) is 5.26. The van der Waals surface area contributed by atoms with Crippen molar-refractivity contribution in [1.29, 1.82) is 0 Å². The van der Waals surface area contributed by atoms with E-state index in [4.69, 9.17) is 0 Å². The summed E-state index contributed by atoms with van der Waals surface area (Å²) in [4.78, 5) is 42.0. The lowest BCUT2D eigenvalue weighted by atomic mass is 10.2. The topological polar surface area (TPSA) is 93.1 Å². The van der Waals surface area contributed by atoms with Gasteiger partial charge in [0.2, 0.25) is 11.8 Å². The van der Waals surface area contributed by atoms with Crippen molar-refractivity contribution in [3.63, 3.8) is 0 Å². The lowest BCUT2D eigenvalue weighted by Crippen LogP contribution is -2.32. The Bertz CT molecular complexity index is 1270. The second kappa shape index (κ2) is 9.05. The Morgan fingerprint density at radius 2 is 1.82 bits per heavy atom. The number of nitrogens with one attached hydrogen (secondary N) is 2. The van der Waals surface area contributed by atoms with Gasteiger partial charge in [-0.1, -0.05) is 18.2 Å². The van der Waals surface area contributed by atoms with Crippen LogP contribution in [-0.2, 0) is 28.7 Å². The summed E-state index contributed by atoms with van der Waals surface area (Å²) in [6.45, 7) is -0.417. The van der Waals surface area contributed by atoms with Gasteiger partial charge >= 0.3 is 6.18 Å². The summed E-state index contributed by atoms with van der Waals surface area (Å²) in [5.74, 6) is -0.828. The van der Waals surface area contributed by atoms with Gasteiger partial charge in [-0.25, -0.2) is 4.98 Å². The molecule has 1 aliphatic carbocycles. The molecule has 172 valence electrons. The normalized spacial score (nSPS) is 13.7. The minimum atomic E-state index is -4.54. The Labute approximate surface area is 186 Å². The van der Waals surface area contributed by atoms with Crippen LogP contribution in [-0.4, -0.2) is 27.4 Å². The van der Waals surface area contributed by atoms with Crippen LogP contribution < -0.4 is 16.2 Å². The molecule has 1 saturated carbocycles. The van der Waals surface area contributed by atoms with Crippen molar-refractivity contribution in [2.75, 3.05) is 5.32 Å². The second-order valence-corrected chi connectivity index (χ2v) is 7.91. The number of halogens is 3. The highest BCUT2D eigenvalue weighted by molar-refractivity contribution is 5.91. The zero-order chi connectivity index (χ0) is 23.6. The number of anilines is 1. The SMILES string of the molecule is O=C(Cn1c(=O)c(CCC(=O)NC2CC2)nc2ccccc21)Nc1cccc(C(F)(F)F)c1. The average molecular weight is 458 g/mol. The van der Waals surface area contributed by atoms with E-state index in [1.54, 1.807) is 24.3 Å². The average Bonchev–Trinajstić information content (AvgIpc) is 3.58. The molecule has 0 spiro atoms. The first kappa shape index (κ1) is 22.5. The van der Waals surface area contributed by atoms with Crippen LogP contribution >= 0.6 is 0 Å². The van der Waals surface area contributed by atoms with Gasteiger partial charge in [-0.15, -0.1) is 0 Å². The Kier molecular flexibility index (Phi) is 6.17. The largest absolute Gasteiger partial charge is 0.416 e. The fraction of sp³-hybridized carbons (Fsp3) is 0.304. The van der Waals surface area contributed by atoms with Gasteiger partial charge in [0.25, 0.3) is 5.56 Å². The van der Waals surface area contributed by atoms with E-state index in [1.807, 2.05) is 0 Å². The first-order valence-corrected chi connectivity index (χ1v) is 10.5. The molecule has 0 radical (unpaired) electrons. The monoisotopic (exact) mass is 458 g/mol. The highest BCUT2D eigenvalue weighted by Gasteiger charge is 2.30. The molecule has 2 N–H and O–H groups in total. The lowest BCUT2D eigenvalue weighted by molar-refractivity contribution is -0.137. The minimum Gasteiger partial charge on any atom is -0.353 e. The molecule has 1 heterocycles. The molecule has 1 aliphatic rings. The molecule has 10 heteroatoms. The fourth-order valence-electron chi connectivity index (χ4n) is 3.44. The molecule has 0 unspecified atom stereocenters. The summed E-state index contributed by atoms with van der Waals surface area (Å²) < 4.78 is 40.0. The molecule has 0 aliphatic heterocycles. The van der Waals surface area contributed by atoms with Crippen LogP contribution in [0.2, 0.25) is 0 Å². The number of nitrogens with zero attached hydrogens (tertiary/aromatic N) is 2. The maximum absolute atomic E-state index is 13.0. The first-order valence-electron chi connectivity index (χ1n) is 10.5. The lowest BCUT2D eigenvalue weighted by Gasteiger charge is -2.13. The van der Waals surface area contributed by atoms with Crippen LogP contribution in [0.4, 0.5) is 18.9 Å². The molecule has 7 nitrogen and oxygen atoms in total. The molecule has 33 heavy (non-hydrogen) atoms. The van der Waals surface area contributed by atoms with Crippen LogP contribution in [0.5, 0.6) is 0 Å². The van der Waals surface area contributed by atoms with Gasteiger partial charge in [0.05, 0.1) is 16.6 Å². The van der Waals surface area contributed by atoms with Crippen LogP contribution in [0, 0.1) is 0 Å². The molecule has 2 aromatic carbocycles. The summed E-state index contributed by atoms with van der Waals surface area (Å²) in [6.07, 6.45) is -2.44. The number of aryl methyl sites for hydroxylation is 1. The Hall–Kier alpha value is -3.69. The third-order valence-electron chi connectivity index (χ3n) is 5.23. The molecule has 4 rings (SSSR count). The van der Waals surface area contributed by atoms with Gasteiger partial charge in [0, 0.05) is 24.6 Å². The number of fused-ring (bicyclic) bond motifs is 1. The minimum absolute atomic E-state index is 0.0294. The maximum Gasteiger partial charge on any atom is 0.416 e. The zero-order valence-corrected chi connectivity index (χ0v) is 17.5. The summed E-state index contributed by atoms with van der Waals surface area (Å²) in [6, 6.07) is 11.2. The maximum atomic E-state index is 13.0. The standard InChI is InChI=1S/C23H21F3N4O3/c24-23(25,26)14-4-3-5-16(12-14)28-21(32)13-30-19-7-2-1-6-17(19)29-18(22(30)33)10-11-20(31)27-15-8-9-15/h1-7,12,15H,8-11,13H2,(H,27,31)(H,28,32). The van der Waals surface area contributed by atoms with Gasteiger partial charge in [0.1, 0.15) is 12.2 Å². The number of para-hydroxylation sites is 2. The predicted octanol–water partition coefficient (Wildman–Crippen LogP) is 3.27. The molecule has 1 aromatic heterocycles. The smallest absolute Gasteiger partial charge is 0.353 e. The van der Waals surface area contributed by atoms with Crippen molar-refractivity contribution in [3.05, 3.63) is 70.1 Å². The van der Waals surface area contributed by atoms with Crippen molar-refractivity contribution in [2.24, 2.45) is 0 Å². The van der Waals surface area contributed by atoms with E-state index in [0.29, 0.717) is 11.0 Å². The molecule has 2 amide bonds. The summed E-state index contributed by atoms with van der Waals surface area (Å²) in [7, 11) is 0. The van der Waals surface area contributed by atoms with E-state index in [2.05, 4.69) is 15.6 Å². The Balaban J connectivity index is 1.56. The van der Waals surface area contributed by atoms with E-state index in [-0.39, 0.29) is 36.2 Å². The molecular weight excluding hydrogens is 437 g/mol. The third-order valence-corrected chi connectivity index (χ3v) is 5.23. The number of alkyl halides is 3. The number of carbonyl (C=O) groups excluding carboxylic acids is 2. The predicted molar refractivity (Wildman–Crippen MR) is 116 cm³/mol. The van der Waals surface area contributed by atoms with Gasteiger partial charge in [-0.2, -0.15) is 13.2 Å². The van der Waals surface area contributed by atoms with Crippen LogP contribution in [0.15, 0.2) is 53.3 Å². The van der Waals surface area contributed by atoms with Crippen LogP contribution in [0.25, 0.3) is 11.0 Å². The molecule has 3 aromatic rings. The molecular formula is C23H21F3N4O3. The Morgan fingerprint density at radius 3 is 2.55 bits per heavy atom. The van der Waals surface area contributed by atoms with Gasteiger partial charge in [0.15, 0.2) is 0 Å². The molecule has 0 bridgehead atoms. The second-order valence-electron chi connectivity index (χ2n) is 7.91. The Morgan fingerprint density at radius 1 is 1.06 bits per heavy atom. The zero-order valence-electron chi connectivity index (χ0n) is 17.5. The summed E-state index contributed by atoms with van der Waals surface area (Å²) >= 11 is 0.